The van der Waals surface area contributed by atoms with Crippen molar-refractivity contribution in [1.29, 1.82) is 0 Å². The molecule has 0 fully saturated rings. The van der Waals surface area contributed by atoms with Crippen molar-refractivity contribution < 1.29 is 23.1 Å². The maximum absolute atomic E-state index is 13.2. The molecule has 138 valence electrons. The molecule has 0 spiro atoms. The van der Waals surface area contributed by atoms with Crippen LogP contribution in [0.15, 0.2) is 42.5 Å². The molecular formula is C19H20F2N2O3. The molecule has 0 atom stereocenters. The Hall–Kier alpha value is -2.96. The maximum atomic E-state index is 13.2. The minimum absolute atomic E-state index is 0.132. The fraction of sp³-hybridized carbons (Fsp3) is 0.263. The summed E-state index contributed by atoms with van der Waals surface area (Å²) < 4.78 is 31.2. The molecule has 0 aliphatic heterocycles. The van der Waals surface area contributed by atoms with Crippen LogP contribution in [0.25, 0.3) is 0 Å². The van der Waals surface area contributed by atoms with Gasteiger partial charge >= 0.3 is 0 Å². The van der Waals surface area contributed by atoms with Gasteiger partial charge in [-0.3, -0.25) is 9.59 Å². The Labute approximate surface area is 150 Å². The van der Waals surface area contributed by atoms with Crippen molar-refractivity contribution in [3.05, 3.63) is 59.7 Å². The first-order valence-electron chi connectivity index (χ1n) is 8.02. The summed E-state index contributed by atoms with van der Waals surface area (Å²) in [5.41, 5.74) is 1.13. The van der Waals surface area contributed by atoms with Crippen LogP contribution < -0.4 is 10.1 Å². The lowest BCUT2D eigenvalue weighted by atomic mass is 10.1. The number of halogens is 2. The predicted octanol–water partition coefficient (Wildman–Crippen LogP) is 3.00. The summed E-state index contributed by atoms with van der Waals surface area (Å²) in [5.74, 6) is -2.04. The van der Waals surface area contributed by atoms with Gasteiger partial charge in [0.2, 0.25) is 11.8 Å². The highest BCUT2D eigenvalue weighted by Gasteiger charge is 2.14. The first-order chi connectivity index (χ1) is 12.4. The van der Waals surface area contributed by atoms with E-state index in [1.165, 1.54) is 17.9 Å². The second-order valence-electron chi connectivity index (χ2n) is 5.72. The van der Waals surface area contributed by atoms with Crippen LogP contribution in [0.4, 0.5) is 14.5 Å². The third-order valence-corrected chi connectivity index (χ3v) is 3.81. The standard InChI is InChI=1S/C19H20F2N2O3/c1-13(24)23(10-9-14-3-6-16(26-2)7-4-14)12-19(25)22-15-5-8-17(20)18(21)11-15/h3-8,11H,9-10,12H2,1-2H3,(H,22,25). The second-order valence-corrected chi connectivity index (χ2v) is 5.72. The van der Waals surface area contributed by atoms with Crippen LogP contribution in [0.3, 0.4) is 0 Å². The van der Waals surface area contributed by atoms with Gasteiger partial charge in [-0.2, -0.15) is 0 Å². The Morgan fingerprint density at radius 2 is 1.77 bits per heavy atom. The van der Waals surface area contributed by atoms with Crippen molar-refractivity contribution in [1.82, 2.24) is 4.90 Å². The van der Waals surface area contributed by atoms with Crippen molar-refractivity contribution in [2.75, 3.05) is 25.5 Å². The number of nitrogens with zero attached hydrogens (tertiary/aromatic N) is 1. The van der Waals surface area contributed by atoms with Crippen LogP contribution in [0.5, 0.6) is 5.75 Å². The van der Waals surface area contributed by atoms with Gasteiger partial charge < -0.3 is 15.0 Å². The summed E-state index contributed by atoms with van der Waals surface area (Å²) in [5, 5.41) is 2.45. The summed E-state index contributed by atoms with van der Waals surface area (Å²) in [4.78, 5) is 25.2. The number of rotatable bonds is 7. The van der Waals surface area contributed by atoms with Gasteiger partial charge in [0.15, 0.2) is 11.6 Å². The highest BCUT2D eigenvalue weighted by molar-refractivity contribution is 5.94. The predicted molar refractivity (Wildman–Crippen MR) is 93.9 cm³/mol. The van der Waals surface area contributed by atoms with E-state index in [0.717, 1.165) is 23.4 Å². The smallest absolute Gasteiger partial charge is 0.243 e. The van der Waals surface area contributed by atoms with E-state index in [1.54, 1.807) is 7.11 Å². The van der Waals surface area contributed by atoms with E-state index in [0.29, 0.717) is 13.0 Å². The zero-order valence-electron chi connectivity index (χ0n) is 14.6. The lowest BCUT2D eigenvalue weighted by Crippen LogP contribution is -2.38. The largest absolute Gasteiger partial charge is 0.497 e. The van der Waals surface area contributed by atoms with Gasteiger partial charge in [-0.15, -0.1) is 0 Å². The monoisotopic (exact) mass is 362 g/mol. The maximum Gasteiger partial charge on any atom is 0.243 e. The topological polar surface area (TPSA) is 58.6 Å². The molecule has 0 radical (unpaired) electrons. The van der Waals surface area contributed by atoms with Crippen LogP contribution in [0, 0.1) is 11.6 Å². The van der Waals surface area contributed by atoms with Crippen LogP contribution in [0.2, 0.25) is 0 Å². The van der Waals surface area contributed by atoms with E-state index in [1.807, 2.05) is 24.3 Å². The molecule has 26 heavy (non-hydrogen) atoms. The quantitative estimate of drug-likeness (QED) is 0.824. The summed E-state index contributed by atoms with van der Waals surface area (Å²) in [6.45, 7) is 1.55. The van der Waals surface area contributed by atoms with Gasteiger partial charge in [-0.25, -0.2) is 8.78 Å². The fourth-order valence-corrected chi connectivity index (χ4v) is 2.35. The van der Waals surface area contributed by atoms with Crippen molar-refractivity contribution >= 4 is 17.5 Å². The van der Waals surface area contributed by atoms with Crippen LogP contribution in [-0.2, 0) is 16.0 Å². The van der Waals surface area contributed by atoms with Gasteiger partial charge in [0, 0.05) is 25.2 Å². The Kier molecular flexibility index (Phi) is 6.66. The van der Waals surface area contributed by atoms with E-state index in [9.17, 15) is 18.4 Å². The summed E-state index contributed by atoms with van der Waals surface area (Å²) in [7, 11) is 1.58. The van der Waals surface area contributed by atoms with E-state index >= 15 is 0 Å². The Morgan fingerprint density at radius 3 is 2.35 bits per heavy atom. The molecule has 2 aromatic rings. The van der Waals surface area contributed by atoms with Crippen LogP contribution >= 0.6 is 0 Å². The number of amides is 2. The van der Waals surface area contributed by atoms with Gasteiger partial charge in [-0.05, 0) is 36.2 Å². The minimum Gasteiger partial charge on any atom is -0.497 e. The Morgan fingerprint density at radius 1 is 1.08 bits per heavy atom. The highest BCUT2D eigenvalue weighted by atomic mass is 19.2. The number of carbonyl (C=O) groups excluding carboxylic acids is 2. The number of methoxy groups -OCH3 is 1. The zero-order chi connectivity index (χ0) is 19.1. The SMILES string of the molecule is COc1ccc(CCN(CC(=O)Nc2ccc(F)c(F)c2)C(C)=O)cc1. The third kappa shape index (κ3) is 5.54. The number of ether oxygens (including phenoxy) is 1. The van der Waals surface area contributed by atoms with Gasteiger partial charge in [0.05, 0.1) is 13.7 Å². The Balaban J connectivity index is 1.92. The summed E-state index contributed by atoms with van der Waals surface area (Å²) in [6, 6.07) is 10.5. The number of carbonyl (C=O) groups is 2. The molecule has 2 rings (SSSR count). The third-order valence-electron chi connectivity index (χ3n) is 3.81. The molecule has 0 unspecified atom stereocenters. The van der Waals surface area contributed by atoms with Gasteiger partial charge in [0.25, 0.3) is 0 Å². The van der Waals surface area contributed by atoms with E-state index in [2.05, 4.69) is 5.32 Å². The van der Waals surface area contributed by atoms with Crippen LogP contribution in [-0.4, -0.2) is 36.9 Å². The summed E-state index contributed by atoms with van der Waals surface area (Å²) >= 11 is 0. The molecule has 5 nitrogen and oxygen atoms in total. The van der Waals surface area contributed by atoms with Gasteiger partial charge in [0.1, 0.15) is 5.75 Å². The molecule has 0 aromatic heterocycles. The average molecular weight is 362 g/mol. The molecule has 0 heterocycles. The molecular weight excluding hydrogens is 342 g/mol. The number of nitrogens with one attached hydrogen (secondary N) is 1. The minimum atomic E-state index is -1.05. The fourth-order valence-electron chi connectivity index (χ4n) is 2.35. The molecule has 0 saturated carbocycles. The van der Waals surface area contributed by atoms with E-state index in [-0.39, 0.29) is 18.1 Å². The van der Waals surface area contributed by atoms with Crippen molar-refractivity contribution in [2.24, 2.45) is 0 Å². The molecule has 0 aliphatic carbocycles. The van der Waals surface area contributed by atoms with E-state index in [4.69, 9.17) is 4.74 Å². The average Bonchev–Trinajstić information content (AvgIpc) is 2.62. The number of hydrogen-bond acceptors (Lipinski definition) is 3. The first kappa shape index (κ1) is 19.4. The van der Waals surface area contributed by atoms with E-state index < -0.39 is 17.5 Å². The second kappa shape index (κ2) is 8.94. The summed E-state index contributed by atoms with van der Waals surface area (Å²) in [6.07, 6.45) is 0.571. The molecule has 2 aromatic carbocycles. The highest BCUT2D eigenvalue weighted by Crippen LogP contribution is 2.14. The molecule has 0 bridgehead atoms. The number of benzene rings is 2. The first-order valence-corrected chi connectivity index (χ1v) is 8.02. The van der Waals surface area contributed by atoms with Crippen LogP contribution in [0.1, 0.15) is 12.5 Å². The normalized spacial score (nSPS) is 10.3. The molecule has 0 aliphatic rings. The lowest BCUT2D eigenvalue weighted by molar-refractivity contribution is -0.132. The van der Waals surface area contributed by atoms with Crippen molar-refractivity contribution in [2.45, 2.75) is 13.3 Å². The van der Waals surface area contributed by atoms with Gasteiger partial charge in [-0.1, -0.05) is 12.1 Å². The zero-order valence-corrected chi connectivity index (χ0v) is 14.6. The van der Waals surface area contributed by atoms with Crippen molar-refractivity contribution in [3.8, 4) is 5.75 Å². The molecule has 7 heteroatoms. The number of hydrogen-bond donors (Lipinski definition) is 1. The number of anilines is 1. The Bertz CT molecular complexity index is 779. The molecule has 2 amide bonds. The lowest BCUT2D eigenvalue weighted by Gasteiger charge is -2.20. The molecule has 1 N–H and O–H groups in total. The molecule has 0 saturated heterocycles. The van der Waals surface area contributed by atoms with Crippen molar-refractivity contribution in [3.63, 3.8) is 0 Å².